The Morgan fingerprint density at radius 2 is 0.457 bits per heavy atom. The van der Waals surface area contributed by atoms with Crippen molar-refractivity contribution in [1.29, 1.82) is 0 Å². The predicted molar refractivity (Wildman–Crippen MR) is 173 cm³/mol. The van der Waals surface area contributed by atoms with Crippen LogP contribution in [0.4, 0.5) is 0 Å². The monoisotopic (exact) mass is 710 g/mol. The second-order valence-electron chi connectivity index (χ2n) is 8.59. The summed E-state index contributed by atoms with van der Waals surface area (Å²) in [5, 5.41) is 4.60. The van der Waals surface area contributed by atoms with Crippen LogP contribution in [0, 0.1) is 27.7 Å². The van der Waals surface area contributed by atoms with Crippen LogP contribution in [-0.2, 0) is 34.1 Å². The number of fused-ring (bicyclic) bond motifs is 6. The van der Waals surface area contributed by atoms with Gasteiger partial charge in [0, 0.05) is 44.3 Å². The summed E-state index contributed by atoms with van der Waals surface area (Å²) in [7, 11) is 0. The number of benzene rings is 2. The molecule has 0 spiro atoms. The fourth-order valence-corrected chi connectivity index (χ4v) is 3.93. The molecule has 46 heavy (non-hydrogen) atoms. The third kappa shape index (κ3) is 12.9. The van der Waals surface area contributed by atoms with Gasteiger partial charge in [-0.3, -0.25) is 39.6 Å². The van der Waals surface area contributed by atoms with E-state index in [0.717, 1.165) is 66.4 Å². The van der Waals surface area contributed by atoms with Crippen LogP contribution in [0.15, 0.2) is 72.8 Å². The molecular weight excluding hydrogens is 688 g/mol. The first-order chi connectivity index (χ1) is 21.1. The number of nitrogens with zero attached hydrogens (tertiary/aromatic N) is 16. The minimum atomic E-state index is 0. The summed E-state index contributed by atoms with van der Waals surface area (Å²) in [6.45, 7) is 8.03. The quantitative estimate of drug-likeness (QED) is 0.0488. The van der Waals surface area contributed by atoms with E-state index in [0.29, 0.717) is 0 Å². The van der Waals surface area contributed by atoms with Gasteiger partial charge in [-0.25, -0.2) is 0 Å². The van der Waals surface area contributed by atoms with Crippen molar-refractivity contribution in [1.82, 2.24) is 19.9 Å². The van der Waals surface area contributed by atoms with Crippen molar-refractivity contribution in [3.05, 3.63) is 159 Å². The Balaban J connectivity index is 0. The summed E-state index contributed by atoms with van der Waals surface area (Å²) in [5.74, 6) is 0. The van der Waals surface area contributed by atoms with Crippen molar-refractivity contribution < 1.29 is 34.1 Å². The van der Waals surface area contributed by atoms with Crippen molar-refractivity contribution in [3.8, 4) is 0 Å². The molecule has 238 valence electrons. The molecular formula is C28H24Cu2N16. The third-order valence-electron chi connectivity index (χ3n) is 5.60. The van der Waals surface area contributed by atoms with E-state index < -0.39 is 0 Å². The van der Waals surface area contributed by atoms with E-state index in [9.17, 15) is 0 Å². The third-order valence-corrected chi connectivity index (χ3v) is 5.60. The zero-order valence-electron chi connectivity index (χ0n) is 24.7. The van der Waals surface area contributed by atoms with Gasteiger partial charge < -0.3 is 44.2 Å². The zero-order chi connectivity index (χ0) is 33.1. The van der Waals surface area contributed by atoms with Gasteiger partial charge in [0.15, 0.2) is 0 Å². The summed E-state index contributed by atoms with van der Waals surface area (Å²) in [4.78, 5) is 24.3. The maximum absolute atomic E-state index is 6.75. The summed E-state index contributed by atoms with van der Waals surface area (Å²) < 4.78 is 0. The van der Waals surface area contributed by atoms with Gasteiger partial charge >= 0.3 is 34.1 Å². The van der Waals surface area contributed by atoms with Crippen LogP contribution < -0.4 is 0 Å². The topological polar surface area (TPSA) is 286 Å². The van der Waals surface area contributed by atoms with Crippen LogP contribution in [0.1, 0.15) is 22.8 Å². The number of pyridine rings is 4. The molecule has 4 heterocycles. The molecule has 4 aromatic heterocycles. The average molecular weight is 712 g/mol. The van der Waals surface area contributed by atoms with E-state index in [2.05, 4.69) is 68.5 Å². The van der Waals surface area contributed by atoms with Crippen molar-refractivity contribution in [2.75, 3.05) is 0 Å². The number of hydrogen-bond donors (Lipinski definition) is 0. The number of hydrogen-bond acceptors (Lipinski definition) is 4. The number of rotatable bonds is 0. The first-order valence-corrected chi connectivity index (χ1v) is 12.4. The van der Waals surface area contributed by atoms with E-state index in [1.54, 1.807) is 0 Å². The van der Waals surface area contributed by atoms with E-state index in [1.165, 1.54) is 19.6 Å². The molecule has 0 saturated heterocycles. The normalized spacial score (nSPS) is 8.43. The molecule has 18 heteroatoms. The standard InChI is InChI=1S/2C14H12N2.2Cu.4N3/c2*1-9-3-5-11-7-8-12-6-4-10(2)16-14(12)13(11)15-9;;;4*1-3-2/h2*3-8H,1-2H3;;;;;;/q;;2*+2;4*-1. The summed E-state index contributed by atoms with van der Waals surface area (Å²) in [6.07, 6.45) is 0. The van der Waals surface area contributed by atoms with Crippen molar-refractivity contribution >= 4 is 43.6 Å². The summed E-state index contributed by atoms with van der Waals surface area (Å²) in [5.41, 5.74) is 62.1. The molecule has 0 aliphatic carbocycles. The average Bonchev–Trinajstić information content (AvgIpc) is 2.99. The summed E-state index contributed by atoms with van der Waals surface area (Å²) >= 11 is 0. The molecule has 6 aromatic rings. The molecule has 0 amide bonds. The van der Waals surface area contributed by atoms with Gasteiger partial charge in [-0.2, -0.15) is 0 Å². The maximum Gasteiger partial charge on any atom is 2.00 e. The second-order valence-corrected chi connectivity index (χ2v) is 8.59. The molecule has 6 rings (SSSR count). The van der Waals surface area contributed by atoms with Crippen LogP contribution in [0.3, 0.4) is 0 Å². The molecule has 2 radical (unpaired) electrons. The van der Waals surface area contributed by atoms with Crippen LogP contribution in [0.2, 0.25) is 0 Å². The van der Waals surface area contributed by atoms with Gasteiger partial charge in [0.1, 0.15) is 0 Å². The van der Waals surface area contributed by atoms with Gasteiger partial charge in [-0.05, 0) is 52.0 Å². The van der Waals surface area contributed by atoms with Gasteiger partial charge in [0.25, 0.3) is 0 Å². The van der Waals surface area contributed by atoms with Crippen LogP contribution >= 0.6 is 0 Å². The Labute approximate surface area is 283 Å². The Kier molecular flexibility index (Phi) is 21.1. The molecule has 0 aliphatic rings. The molecule has 0 fully saturated rings. The molecule has 0 N–H and O–H groups in total. The van der Waals surface area contributed by atoms with E-state index in [1.807, 2.05) is 52.0 Å². The van der Waals surface area contributed by atoms with Crippen molar-refractivity contribution in [2.45, 2.75) is 27.7 Å². The van der Waals surface area contributed by atoms with Gasteiger partial charge in [0.2, 0.25) is 0 Å². The van der Waals surface area contributed by atoms with Gasteiger partial charge in [0.05, 0.1) is 22.1 Å². The Morgan fingerprint density at radius 1 is 0.326 bits per heavy atom. The predicted octanol–water partition coefficient (Wildman–Crippen LogP) is 10.3. The minimum Gasteiger partial charge on any atom is -0.373 e. The minimum absolute atomic E-state index is 0. The molecule has 0 saturated carbocycles. The van der Waals surface area contributed by atoms with E-state index >= 15 is 0 Å². The van der Waals surface area contributed by atoms with Gasteiger partial charge in [-0.15, -0.1) is 0 Å². The Morgan fingerprint density at radius 3 is 0.609 bits per heavy atom. The van der Waals surface area contributed by atoms with Crippen molar-refractivity contribution in [3.63, 3.8) is 0 Å². The Hall–Kier alpha value is -5.64. The first kappa shape index (κ1) is 42.5. The molecule has 0 aliphatic heterocycles. The fraction of sp³-hybridized carbons (Fsp3) is 0.143. The smallest absolute Gasteiger partial charge is 0.373 e. The number of aryl methyl sites for hydroxylation is 4. The zero-order valence-corrected chi connectivity index (χ0v) is 26.6. The van der Waals surface area contributed by atoms with Crippen LogP contribution in [0.5, 0.6) is 0 Å². The SMILES string of the molecule is Cc1ccc2ccc3ccc(C)nc3c2n1.Cc1ccc2ccc3ccc(C)nc3c2n1.[Cu+2].[Cu+2].[N-]=[N+]=[N-].[N-]=[N+]=[N-].[N-]=[N+]=[N-].[N-]=[N+]=[N-]. The maximum atomic E-state index is 6.75. The van der Waals surface area contributed by atoms with Crippen LogP contribution in [-0.4, -0.2) is 19.9 Å². The van der Waals surface area contributed by atoms with E-state index in [-0.39, 0.29) is 34.1 Å². The second kappa shape index (κ2) is 22.8. The molecule has 16 nitrogen and oxygen atoms in total. The molecule has 0 bridgehead atoms. The molecule has 0 unspecified atom stereocenters. The Bertz CT molecular complexity index is 1730. The molecule has 0 atom stereocenters. The first-order valence-electron chi connectivity index (χ1n) is 12.4. The molecule has 2 aromatic carbocycles. The fourth-order valence-electron chi connectivity index (χ4n) is 3.93. The van der Waals surface area contributed by atoms with Crippen molar-refractivity contribution in [2.24, 2.45) is 0 Å². The number of aromatic nitrogens is 4. The van der Waals surface area contributed by atoms with Crippen LogP contribution in [0.25, 0.3) is 108 Å². The van der Waals surface area contributed by atoms with E-state index in [4.69, 9.17) is 44.2 Å². The summed E-state index contributed by atoms with van der Waals surface area (Å²) in [6, 6.07) is 24.9. The van der Waals surface area contributed by atoms with Gasteiger partial charge in [-0.1, -0.05) is 48.5 Å². The largest absolute Gasteiger partial charge is 2.00 e.